The lowest BCUT2D eigenvalue weighted by atomic mass is 10.1. The number of benzene rings is 2. The minimum atomic E-state index is -0.756. The molecule has 2 aromatic carbocycles. The lowest BCUT2D eigenvalue weighted by Crippen LogP contribution is -2.29. The quantitative estimate of drug-likeness (QED) is 0.622. The van der Waals surface area contributed by atoms with Crippen LogP contribution in [0, 0.1) is 6.92 Å². The van der Waals surface area contributed by atoms with Crippen LogP contribution in [-0.2, 0) is 16.1 Å². The number of nitrogens with one attached hydrogen (secondary N) is 1. The van der Waals surface area contributed by atoms with Crippen molar-refractivity contribution in [2.75, 3.05) is 7.11 Å². The van der Waals surface area contributed by atoms with E-state index >= 15 is 0 Å². The molecule has 0 fully saturated rings. The molecule has 3 aromatic rings. The van der Waals surface area contributed by atoms with E-state index in [0.717, 1.165) is 11.3 Å². The van der Waals surface area contributed by atoms with Gasteiger partial charge in [0.05, 0.1) is 19.3 Å². The number of carbonyl (C=O) groups excluding carboxylic acids is 1. The van der Waals surface area contributed by atoms with Crippen LogP contribution in [0.1, 0.15) is 23.2 Å². The van der Waals surface area contributed by atoms with E-state index in [4.69, 9.17) is 20.8 Å². The van der Waals surface area contributed by atoms with E-state index in [-0.39, 0.29) is 12.3 Å². The molecule has 7 heteroatoms. The molecule has 3 rings (SSSR count). The molecule has 6 nitrogen and oxygen atoms in total. The standard InChI is InChI=1S/C20H19ClN2O4/c1-12-19(13-6-8-15(21)9-7-13)27-17(23-12)11-22-18(20(25)26-2)14-4-3-5-16(24)10-14/h3-10,18,22,24H,11H2,1-2H3/t18-/m1/s1. The molecule has 1 atom stereocenters. The smallest absolute Gasteiger partial charge is 0.327 e. The molecular weight excluding hydrogens is 368 g/mol. The molecule has 27 heavy (non-hydrogen) atoms. The Kier molecular flexibility index (Phi) is 5.78. The summed E-state index contributed by atoms with van der Waals surface area (Å²) in [5, 5.41) is 13.4. The van der Waals surface area contributed by atoms with E-state index in [1.54, 1.807) is 24.3 Å². The molecule has 0 aliphatic heterocycles. The highest BCUT2D eigenvalue weighted by molar-refractivity contribution is 6.30. The number of oxazole rings is 1. The number of hydrogen-bond acceptors (Lipinski definition) is 6. The predicted octanol–water partition coefficient (Wildman–Crippen LogP) is 4.01. The number of ether oxygens (including phenoxy) is 1. The Morgan fingerprint density at radius 2 is 2.04 bits per heavy atom. The van der Waals surface area contributed by atoms with Crippen LogP contribution in [0.4, 0.5) is 0 Å². The SMILES string of the molecule is COC(=O)[C@H](NCc1nc(C)c(-c2ccc(Cl)cc2)o1)c1cccc(O)c1. The summed E-state index contributed by atoms with van der Waals surface area (Å²) in [6, 6.07) is 13.0. The van der Waals surface area contributed by atoms with Crippen LogP contribution < -0.4 is 5.32 Å². The second-order valence-electron chi connectivity index (χ2n) is 5.96. The van der Waals surface area contributed by atoms with E-state index in [1.165, 1.54) is 19.2 Å². The molecule has 0 aliphatic carbocycles. The fourth-order valence-corrected chi connectivity index (χ4v) is 2.87. The van der Waals surface area contributed by atoms with Crippen LogP contribution in [-0.4, -0.2) is 23.2 Å². The summed E-state index contributed by atoms with van der Waals surface area (Å²) in [6.07, 6.45) is 0. The van der Waals surface area contributed by atoms with Crippen molar-refractivity contribution in [2.45, 2.75) is 19.5 Å². The Morgan fingerprint density at radius 3 is 2.70 bits per heavy atom. The second kappa shape index (κ2) is 8.24. The Hall–Kier alpha value is -2.83. The zero-order chi connectivity index (χ0) is 19.4. The van der Waals surface area contributed by atoms with Crippen molar-refractivity contribution in [1.82, 2.24) is 10.3 Å². The van der Waals surface area contributed by atoms with Gasteiger partial charge < -0.3 is 14.3 Å². The van der Waals surface area contributed by atoms with Crippen LogP contribution in [0.25, 0.3) is 11.3 Å². The molecular formula is C20H19ClN2O4. The van der Waals surface area contributed by atoms with Gasteiger partial charge in [0.25, 0.3) is 0 Å². The monoisotopic (exact) mass is 386 g/mol. The normalized spacial score (nSPS) is 12.0. The number of aryl methyl sites for hydroxylation is 1. The van der Waals surface area contributed by atoms with Gasteiger partial charge in [0, 0.05) is 10.6 Å². The zero-order valence-corrected chi connectivity index (χ0v) is 15.7. The van der Waals surface area contributed by atoms with Crippen molar-refractivity contribution in [2.24, 2.45) is 0 Å². The first-order valence-electron chi connectivity index (χ1n) is 8.30. The summed E-state index contributed by atoms with van der Waals surface area (Å²) < 4.78 is 10.7. The summed E-state index contributed by atoms with van der Waals surface area (Å²) in [5.74, 6) is 0.684. The molecule has 0 bridgehead atoms. The van der Waals surface area contributed by atoms with Gasteiger partial charge in [0.1, 0.15) is 11.8 Å². The summed E-state index contributed by atoms with van der Waals surface area (Å²) >= 11 is 5.92. The Labute approximate surface area is 161 Å². The third kappa shape index (κ3) is 4.48. The number of rotatable bonds is 6. The number of halogens is 1. The number of nitrogens with zero attached hydrogens (tertiary/aromatic N) is 1. The van der Waals surface area contributed by atoms with Crippen LogP contribution in [0.2, 0.25) is 5.02 Å². The molecule has 0 amide bonds. The largest absolute Gasteiger partial charge is 0.508 e. The zero-order valence-electron chi connectivity index (χ0n) is 14.9. The average molecular weight is 387 g/mol. The van der Waals surface area contributed by atoms with Crippen molar-refractivity contribution in [3.8, 4) is 17.1 Å². The molecule has 2 N–H and O–H groups in total. The van der Waals surface area contributed by atoms with Crippen molar-refractivity contribution in [3.63, 3.8) is 0 Å². The number of hydrogen-bond donors (Lipinski definition) is 2. The van der Waals surface area contributed by atoms with Gasteiger partial charge in [-0.05, 0) is 48.9 Å². The minimum absolute atomic E-state index is 0.0696. The number of carbonyl (C=O) groups is 1. The highest BCUT2D eigenvalue weighted by Gasteiger charge is 2.22. The molecule has 1 aromatic heterocycles. The molecule has 0 aliphatic rings. The summed E-state index contributed by atoms with van der Waals surface area (Å²) in [7, 11) is 1.31. The number of esters is 1. The highest BCUT2D eigenvalue weighted by atomic mass is 35.5. The number of aromatic hydroxyl groups is 1. The van der Waals surface area contributed by atoms with E-state index < -0.39 is 12.0 Å². The van der Waals surface area contributed by atoms with Gasteiger partial charge >= 0.3 is 5.97 Å². The first-order chi connectivity index (χ1) is 13.0. The molecule has 0 saturated heterocycles. The molecule has 0 spiro atoms. The van der Waals surface area contributed by atoms with Gasteiger partial charge in [-0.1, -0.05) is 23.7 Å². The Bertz CT molecular complexity index is 937. The highest BCUT2D eigenvalue weighted by Crippen LogP contribution is 2.26. The molecule has 0 radical (unpaired) electrons. The fourth-order valence-electron chi connectivity index (χ4n) is 2.75. The average Bonchev–Trinajstić information content (AvgIpc) is 3.03. The van der Waals surface area contributed by atoms with Crippen molar-refractivity contribution in [1.29, 1.82) is 0 Å². The van der Waals surface area contributed by atoms with Crippen LogP contribution in [0.15, 0.2) is 52.9 Å². The molecule has 0 saturated carbocycles. The predicted molar refractivity (Wildman–Crippen MR) is 101 cm³/mol. The molecule has 1 heterocycles. The summed E-state index contributed by atoms with van der Waals surface area (Å²) in [6.45, 7) is 2.06. The third-order valence-corrected chi connectivity index (χ3v) is 4.30. The molecule has 140 valence electrons. The van der Waals surface area contributed by atoms with E-state index in [1.807, 2.05) is 19.1 Å². The molecule has 0 unspecified atom stereocenters. The van der Waals surface area contributed by atoms with Gasteiger partial charge in [0.15, 0.2) is 5.76 Å². The van der Waals surface area contributed by atoms with E-state index in [2.05, 4.69) is 10.3 Å². The maximum absolute atomic E-state index is 12.1. The van der Waals surface area contributed by atoms with E-state index in [9.17, 15) is 9.90 Å². The van der Waals surface area contributed by atoms with Gasteiger partial charge in [0.2, 0.25) is 5.89 Å². The topological polar surface area (TPSA) is 84.6 Å². The van der Waals surface area contributed by atoms with E-state index in [0.29, 0.717) is 22.2 Å². The first-order valence-corrected chi connectivity index (χ1v) is 8.68. The van der Waals surface area contributed by atoms with Crippen molar-refractivity contribution < 1.29 is 19.1 Å². The lowest BCUT2D eigenvalue weighted by molar-refractivity contribution is -0.143. The Balaban J connectivity index is 1.79. The summed E-state index contributed by atoms with van der Waals surface area (Å²) in [5.41, 5.74) is 2.19. The first kappa shape index (κ1) is 18.9. The maximum Gasteiger partial charge on any atom is 0.327 e. The summed E-state index contributed by atoms with van der Waals surface area (Å²) in [4.78, 5) is 16.6. The number of methoxy groups -OCH3 is 1. The third-order valence-electron chi connectivity index (χ3n) is 4.05. The second-order valence-corrected chi connectivity index (χ2v) is 6.40. The van der Waals surface area contributed by atoms with Gasteiger partial charge in [-0.25, -0.2) is 9.78 Å². The number of phenolic OH excluding ortho intramolecular Hbond substituents is 1. The maximum atomic E-state index is 12.1. The van der Waals surface area contributed by atoms with Crippen LogP contribution in [0.5, 0.6) is 5.75 Å². The van der Waals surface area contributed by atoms with Gasteiger partial charge in [-0.2, -0.15) is 0 Å². The van der Waals surface area contributed by atoms with Gasteiger partial charge in [-0.15, -0.1) is 0 Å². The van der Waals surface area contributed by atoms with Crippen LogP contribution >= 0.6 is 11.6 Å². The van der Waals surface area contributed by atoms with Crippen LogP contribution in [0.3, 0.4) is 0 Å². The number of aromatic nitrogens is 1. The Morgan fingerprint density at radius 1 is 1.30 bits per heavy atom. The van der Waals surface area contributed by atoms with Crippen molar-refractivity contribution >= 4 is 17.6 Å². The van der Waals surface area contributed by atoms with Crippen molar-refractivity contribution in [3.05, 3.63) is 70.7 Å². The minimum Gasteiger partial charge on any atom is -0.508 e. The lowest BCUT2D eigenvalue weighted by Gasteiger charge is -2.16. The number of phenols is 1. The van der Waals surface area contributed by atoms with Gasteiger partial charge in [-0.3, -0.25) is 5.32 Å². The fraction of sp³-hybridized carbons (Fsp3) is 0.200.